The zero-order valence-corrected chi connectivity index (χ0v) is 15.7. The fraction of sp³-hybridized carbons (Fsp3) is 0.455. The van der Waals surface area contributed by atoms with Gasteiger partial charge in [-0.15, -0.1) is 0 Å². The first-order valence-corrected chi connectivity index (χ1v) is 9.76. The van der Waals surface area contributed by atoms with Crippen molar-refractivity contribution in [2.75, 3.05) is 26.2 Å². The number of nitrogens with two attached hydrogens (primary N) is 2. The minimum absolute atomic E-state index is 0.300. The van der Waals surface area contributed by atoms with Crippen molar-refractivity contribution in [1.29, 1.82) is 0 Å². The van der Waals surface area contributed by atoms with E-state index in [0.717, 1.165) is 45.3 Å². The fourth-order valence-corrected chi connectivity index (χ4v) is 3.15. The Balaban J connectivity index is 1.77. The maximum absolute atomic E-state index is 5.98. The molecule has 0 aliphatic heterocycles. The molecule has 2 aromatic rings. The van der Waals surface area contributed by atoms with Gasteiger partial charge in [-0.1, -0.05) is 60.7 Å². The number of hydrogen-bond donors (Lipinski definition) is 4. The highest BCUT2D eigenvalue weighted by Crippen LogP contribution is 2.04. The van der Waals surface area contributed by atoms with Crippen LogP contribution in [0.2, 0.25) is 0 Å². The lowest BCUT2D eigenvalue weighted by Gasteiger charge is -2.23. The van der Waals surface area contributed by atoms with Crippen LogP contribution in [0.1, 0.15) is 24.0 Å². The lowest BCUT2D eigenvalue weighted by molar-refractivity contribution is 0.409. The quantitative estimate of drug-likeness (QED) is 0.444. The van der Waals surface area contributed by atoms with Gasteiger partial charge in [0.05, 0.1) is 0 Å². The van der Waals surface area contributed by atoms with Crippen molar-refractivity contribution in [2.45, 2.75) is 37.8 Å². The molecule has 4 heteroatoms. The molecular formula is C22H34N4. The third-order valence-electron chi connectivity index (χ3n) is 4.71. The van der Waals surface area contributed by atoms with Crippen LogP contribution in [-0.4, -0.2) is 38.3 Å². The molecule has 2 rings (SSSR count). The summed E-state index contributed by atoms with van der Waals surface area (Å²) >= 11 is 0. The van der Waals surface area contributed by atoms with Gasteiger partial charge in [-0.05, 0) is 49.9 Å². The van der Waals surface area contributed by atoms with E-state index in [2.05, 4.69) is 65.2 Å². The highest BCUT2D eigenvalue weighted by Gasteiger charge is 2.12. The van der Waals surface area contributed by atoms with Gasteiger partial charge in [-0.2, -0.15) is 0 Å². The number of nitrogens with one attached hydrogen (secondary N) is 2. The molecule has 0 heterocycles. The molecule has 0 amide bonds. The first-order valence-electron chi connectivity index (χ1n) is 9.76. The van der Waals surface area contributed by atoms with E-state index in [1.807, 2.05) is 6.07 Å². The normalized spacial score (nSPS) is 13.5. The number of benzene rings is 2. The zero-order chi connectivity index (χ0) is 18.5. The van der Waals surface area contributed by atoms with E-state index < -0.39 is 0 Å². The third kappa shape index (κ3) is 8.11. The first kappa shape index (κ1) is 20.6. The van der Waals surface area contributed by atoms with Crippen LogP contribution >= 0.6 is 0 Å². The van der Waals surface area contributed by atoms with Crippen LogP contribution < -0.4 is 22.1 Å². The summed E-state index contributed by atoms with van der Waals surface area (Å²) < 4.78 is 0. The largest absolute Gasteiger partial charge is 0.330 e. The molecule has 0 saturated carbocycles. The monoisotopic (exact) mass is 354 g/mol. The first-order chi connectivity index (χ1) is 12.8. The predicted octanol–water partition coefficient (Wildman–Crippen LogP) is 2.09. The van der Waals surface area contributed by atoms with Crippen LogP contribution in [0, 0.1) is 0 Å². The average molecular weight is 355 g/mol. The minimum atomic E-state index is 0.300. The van der Waals surface area contributed by atoms with Crippen LogP contribution in [0.25, 0.3) is 0 Å². The molecule has 0 saturated heterocycles. The van der Waals surface area contributed by atoms with Crippen LogP contribution in [0.15, 0.2) is 60.7 Å². The minimum Gasteiger partial charge on any atom is -0.330 e. The van der Waals surface area contributed by atoms with Crippen molar-refractivity contribution < 1.29 is 0 Å². The van der Waals surface area contributed by atoms with Crippen molar-refractivity contribution in [3.63, 3.8) is 0 Å². The van der Waals surface area contributed by atoms with Gasteiger partial charge in [0.1, 0.15) is 0 Å². The summed E-state index contributed by atoms with van der Waals surface area (Å²) in [6.45, 7) is 3.28. The smallest absolute Gasteiger partial charge is 0.0231 e. The molecule has 6 N–H and O–H groups in total. The maximum Gasteiger partial charge on any atom is 0.0231 e. The summed E-state index contributed by atoms with van der Waals surface area (Å²) in [5.74, 6) is 0. The molecule has 0 aliphatic rings. The Morgan fingerprint density at radius 3 is 2.04 bits per heavy atom. The van der Waals surface area contributed by atoms with Gasteiger partial charge in [-0.25, -0.2) is 0 Å². The van der Waals surface area contributed by atoms with Gasteiger partial charge in [0.2, 0.25) is 0 Å². The van der Waals surface area contributed by atoms with E-state index in [4.69, 9.17) is 11.5 Å². The molecule has 4 nitrogen and oxygen atoms in total. The molecule has 142 valence electrons. The summed E-state index contributed by atoms with van der Waals surface area (Å²) in [6, 6.07) is 21.9. The molecule has 26 heavy (non-hydrogen) atoms. The molecule has 0 bridgehead atoms. The molecule has 0 unspecified atom stereocenters. The Morgan fingerprint density at radius 2 is 1.42 bits per heavy atom. The molecule has 0 radical (unpaired) electrons. The van der Waals surface area contributed by atoms with Crippen molar-refractivity contribution in [1.82, 2.24) is 10.6 Å². The summed E-state index contributed by atoms with van der Waals surface area (Å²) in [4.78, 5) is 0. The molecule has 2 atom stereocenters. The van der Waals surface area contributed by atoms with E-state index >= 15 is 0 Å². The Morgan fingerprint density at radius 1 is 0.769 bits per heavy atom. The lowest BCUT2D eigenvalue weighted by atomic mass is 10.0. The van der Waals surface area contributed by atoms with E-state index in [1.54, 1.807) is 0 Å². The topological polar surface area (TPSA) is 76.1 Å². The van der Waals surface area contributed by atoms with Crippen molar-refractivity contribution in [3.8, 4) is 0 Å². The average Bonchev–Trinajstić information content (AvgIpc) is 2.70. The summed E-state index contributed by atoms with van der Waals surface area (Å²) in [5.41, 5.74) is 14.4. The van der Waals surface area contributed by atoms with Crippen LogP contribution in [0.4, 0.5) is 0 Å². The van der Waals surface area contributed by atoms with E-state index in [1.165, 1.54) is 11.1 Å². The molecule has 0 aliphatic carbocycles. The maximum atomic E-state index is 5.98. The highest BCUT2D eigenvalue weighted by atomic mass is 15.0. The van der Waals surface area contributed by atoms with Crippen molar-refractivity contribution >= 4 is 0 Å². The second-order valence-electron chi connectivity index (χ2n) is 6.85. The molecule has 0 fully saturated rings. The van der Waals surface area contributed by atoms with Gasteiger partial charge in [0.25, 0.3) is 0 Å². The van der Waals surface area contributed by atoms with Crippen LogP contribution in [-0.2, 0) is 12.8 Å². The molecule has 2 aromatic carbocycles. The van der Waals surface area contributed by atoms with Crippen molar-refractivity contribution in [2.24, 2.45) is 11.5 Å². The molecule has 0 spiro atoms. The summed E-state index contributed by atoms with van der Waals surface area (Å²) in [5, 5.41) is 7.33. The highest BCUT2D eigenvalue weighted by molar-refractivity contribution is 5.16. The predicted molar refractivity (Wildman–Crippen MR) is 111 cm³/mol. The standard InChI is InChI=1S/C22H34N4/c23-14-7-12-21(25-15-13-19-8-3-1-4-9-19)18-26-22(17-24)16-20-10-5-2-6-11-20/h1-6,8-11,21-22,25-26H,7,12-18,23-24H2/t21-,22-/m0/s1. The van der Waals surface area contributed by atoms with Gasteiger partial charge in [0, 0.05) is 25.2 Å². The third-order valence-corrected chi connectivity index (χ3v) is 4.71. The second-order valence-corrected chi connectivity index (χ2v) is 6.85. The Bertz CT molecular complexity index is 573. The van der Waals surface area contributed by atoms with E-state index in [9.17, 15) is 0 Å². The van der Waals surface area contributed by atoms with Gasteiger partial charge in [-0.3, -0.25) is 0 Å². The van der Waals surface area contributed by atoms with Gasteiger partial charge in [0.15, 0.2) is 0 Å². The zero-order valence-electron chi connectivity index (χ0n) is 15.7. The molecular weight excluding hydrogens is 320 g/mol. The van der Waals surface area contributed by atoms with Crippen LogP contribution in [0.5, 0.6) is 0 Å². The fourth-order valence-electron chi connectivity index (χ4n) is 3.15. The summed E-state index contributed by atoms with van der Waals surface area (Å²) in [6.07, 6.45) is 4.13. The SMILES string of the molecule is NCCC[C@@H](CN[C@H](CN)Cc1ccccc1)NCCc1ccccc1. The van der Waals surface area contributed by atoms with E-state index in [0.29, 0.717) is 18.6 Å². The summed E-state index contributed by atoms with van der Waals surface area (Å²) in [7, 11) is 0. The number of hydrogen-bond acceptors (Lipinski definition) is 4. The van der Waals surface area contributed by atoms with Crippen molar-refractivity contribution in [3.05, 3.63) is 71.8 Å². The number of rotatable bonds is 13. The van der Waals surface area contributed by atoms with Gasteiger partial charge >= 0.3 is 0 Å². The second kappa shape index (κ2) is 12.6. The Kier molecular flexibility index (Phi) is 9.98. The lowest BCUT2D eigenvalue weighted by Crippen LogP contribution is -2.46. The van der Waals surface area contributed by atoms with Crippen LogP contribution in [0.3, 0.4) is 0 Å². The van der Waals surface area contributed by atoms with E-state index in [-0.39, 0.29) is 0 Å². The molecule has 0 aromatic heterocycles. The van der Waals surface area contributed by atoms with Gasteiger partial charge < -0.3 is 22.1 Å². The Labute approximate surface area is 158 Å². The Hall–Kier alpha value is -1.72.